The average Bonchev–Trinajstić information content (AvgIpc) is 2.17. The Hall–Kier alpha value is -0.900. The van der Waals surface area contributed by atoms with Crippen LogP contribution < -0.4 is 34.7 Å². The molecule has 1 aromatic carbocycles. The zero-order valence-electron chi connectivity index (χ0n) is 7.73. The first kappa shape index (κ1) is 11.2. The molecule has 4 heteroatoms. The minimum Gasteiger partial charge on any atom is -0.545 e. The van der Waals surface area contributed by atoms with Gasteiger partial charge in [-0.2, -0.15) is 0 Å². The normalized spacial score (nSPS) is 9.43. The number of nitrogens with zero attached hydrogens (tertiary/aromatic N) is 1. The number of aromatic carboxylic acids is 1. The van der Waals surface area contributed by atoms with E-state index in [4.69, 9.17) is 0 Å². The number of carboxylic acid groups (broad SMARTS) is 1. The predicted octanol–water partition coefficient (Wildman–Crippen LogP) is -2.40. The van der Waals surface area contributed by atoms with Crippen LogP contribution in [0.25, 0.3) is 10.8 Å². The van der Waals surface area contributed by atoms with E-state index in [1.807, 2.05) is 6.07 Å². The Balaban J connectivity index is 0.000000980. The van der Waals surface area contributed by atoms with E-state index in [9.17, 15) is 9.90 Å². The van der Waals surface area contributed by atoms with Crippen LogP contribution in [0.15, 0.2) is 36.7 Å². The molecule has 0 atom stereocenters. The van der Waals surface area contributed by atoms with Crippen molar-refractivity contribution in [3.8, 4) is 0 Å². The van der Waals surface area contributed by atoms with Crippen LogP contribution in [-0.2, 0) is 0 Å². The third kappa shape index (κ3) is 1.95. The summed E-state index contributed by atoms with van der Waals surface area (Å²) < 4.78 is 0. The molecular formula is C10H6NNaO2. The van der Waals surface area contributed by atoms with Crippen molar-refractivity contribution >= 4 is 16.7 Å². The standard InChI is InChI=1S/C10H7NO2.Na/c12-10(13)8-3-1-2-7-4-5-11-6-9(7)8;/h1-6H,(H,12,13);/q;+1/p-1. The van der Waals surface area contributed by atoms with E-state index in [-0.39, 0.29) is 35.1 Å². The van der Waals surface area contributed by atoms with Gasteiger partial charge in [-0.25, -0.2) is 0 Å². The number of carbonyl (C=O) groups is 1. The first-order valence-corrected chi connectivity index (χ1v) is 3.83. The molecule has 0 unspecified atom stereocenters. The maximum atomic E-state index is 10.7. The zero-order valence-corrected chi connectivity index (χ0v) is 9.73. The molecule has 0 aliphatic carbocycles. The molecule has 0 aliphatic heterocycles. The maximum absolute atomic E-state index is 10.7. The summed E-state index contributed by atoms with van der Waals surface area (Å²) in [4.78, 5) is 14.5. The van der Waals surface area contributed by atoms with E-state index in [1.54, 1.807) is 18.3 Å². The summed E-state index contributed by atoms with van der Waals surface area (Å²) in [5, 5.41) is 12.1. The summed E-state index contributed by atoms with van der Waals surface area (Å²) in [5.41, 5.74) is 0.186. The summed E-state index contributed by atoms with van der Waals surface area (Å²) in [5.74, 6) is -1.17. The van der Waals surface area contributed by atoms with Crippen LogP contribution in [0.1, 0.15) is 10.4 Å². The minimum absolute atomic E-state index is 0. The number of carbonyl (C=O) groups excluding carboxylic acids is 1. The van der Waals surface area contributed by atoms with Gasteiger partial charge in [0.15, 0.2) is 0 Å². The van der Waals surface area contributed by atoms with Crippen molar-refractivity contribution in [1.82, 2.24) is 4.98 Å². The fraction of sp³-hybridized carbons (Fsp3) is 0. The van der Waals surface area contributed by atoms with Crippen molar-refractivity contribution in [3.63, 3.8) is 0 Å². The van der Waals surface area contributed by atoms with E-state index in [1.165, 1.54) is 12.3 Å². The van der Waals surface area contributed by atoms with Crippen molar-refractivity contribution in [1.29, 1.82) is 0 Å². The smallest absolute Gasteiger partial charge is 0.545 e. The zero-order chi connectivity index (χ0) is 9.26. The van der Waals surface area contributed by atoms with Gasteiger partial charge in [-0.1, -0.05) is 18.2 Å². The van der Waals surface area contributed by atoms with E-state index in [0.29, 0.717) is 5.39 Å². The molecule has 0 fully saturated rings. The van der Waals surface area contributed by atoms with Crippen molar-refractivity contribution < 1.29 is 39.5 Å². The Labute approximate surface area is 103 Å². The molecule has 0 saturated heterocycles. The number of aromatic nitrogens is 1. The molecule has 0 spiro atoms. The molecule has 0 aliphatic rings. The van der Waals surface area contributed by atoms with Crippen LogP contribution in [0.2, 0.25) is 0 Å². The van der Waals surface area contributed by atoms with Gasteiger partial charge in [-0.15, -0.1) is 0 Å². The second-order valence-electron chi connectivity index (χ2n) is 2.69. The Morgan fingerprint density at radius 3 is 2.79 bits per heavy atom. The fourth-order valence-electron chi connectivity index (χ4n) is 1.29. The average molecular weight is 195 g/mol. The van der Waals surface area contributed by atoms with Gasteiger partial charge in [0.2, 0.25) is 0 Å². The summed E-state index contributed by atoms with van der Waals surface area (Å²) >= 11 is 0. The minimum atomic E-state index is -1.17. The number of fused-ring (bicyclic) bond motifs is 1. The SMILES string of the molecule is O=C([O-])c1cccc2ccncc12.[Na+]. The Bertz CT molecular complexity index is 465. The molecular weight excluding hydrogens is 189 g/mol. The van der Waals surface area contributed by atoms with Gasteiger partial charge in [0.05, 0.1) is 5.97 Å². The maximum Gasteiger partial charge on any atom is 1.00 e. The monoisotopic (exact) mass is 195 g/mol. The summed E-state index contributed by atoms with van der Waals surface area (Å²) in [6.07, 6.45) is 3.15. The van der Waals surface area contributed by atoms with Gasteiger partial charge in [0.1, 0.15) is 0 Å². The van der Waals surface area contributed by atoms with Crippen molar-refractivity contribution in [2.24, 2.45) is 0 Å². The summed E-state index contributed by atoms with van der Waals surface area (Å²) in [6.45, 7) is 0. The third-order valence-electron chi connectivity index (χ3n) is 1.90. The molecule has 0 bridgehead atoms. The second kappa shape index (κ2) is 4.55. The van der Waals surface area contributed by atoms with Crippen LogP contribution in [0.5, 0.6) is 0 Å². The van der Waals surface area contributed by atoms with Gasteiger partial charge < -0.3 is 9.90 Å². The van der Waals surface area contributed by atoms with Crippen molar-refractivity contribution in [3.05, 3.63) is 42.2 Å². The van der Waals surface area contributed by atoms with Crippen LogP contribution in [0, 0.1) is 0 Å². The van der Waals surface area contributed by atoms with E-state index >= 15 is 0 Å². The molecule has 1 aromatic heterocycles. The van der Waals surface area contributed by atoms with Gasteiger partial charge in [-0.05, 0) is 11.5 Å². The predicted molar refractivity (Wildman–Crippen MR) is 46.1 cm³/mol. The number of hydrogen-bond donors (Lipinski definition) is 0. The molecule has 2 rings (SSSR count). The Morgan fingerprint density at radius 1 is 1.29 bits per heavy atom. The number of rotatable bonds is 1. The van der Waals surface area contributed by atoms with E-state index in [2.05, 4.69) is 4.98 Å². The van der Waals surface area contributed by atoms with Crippen molar-refractivity contribution in [2.75, 3.05) is 0 Å². The molecule has 0 amide bonds. The number of hydrogen-bond acceptors (Lipinski definition) is 3. The number of carboxylic acids is 1. The van der Waals surface area contributed by atoms with E-state index < -0.39 is 5.97 Å². The summed E-state index contributed by atoms with van der Waals surface area (Å²) in [6, 6.07) is 6.80. The largest absolute Gasteiger partial charge is 1.00 e. The van der Waals surface area contributed by atoms with Gasteiger partial charge >= 0.3 is 29.6 Å². The number of pyridine rings is 1. The first-order chi connectivity index (χ1) is 6.29. The molecule has 0 saturated carbocycles. The quantitative estimate of drug-likeness (QED) is 0.477. The Kier molecular flexibility index (Phi) is 3.63. The molecule has 64 valence electrons. The molecule has 1 heterocycles. The molecule has 14 heavy (non-hydrogen) atoms. The molecule has 0 N–H and O–H groups in total. The van der Waals surface area contributed by atoms with Gasteiger partial charge in [0.25, 0.3) is 0 Å². The van der Waals surface area contributed by atoms with Crippen LogP contribution >= 0.6 is 0 Å². The topological polar surface area (TPSA) is 53.0 Å². The first-order valence-electron chi connectivity index (χ1n) is 3.83. The Morgan fingerprint density at radius 2 is 2.07 bits per heavy atom. The summed E-state index contributed by atoms with van der Waals surface area (Å²) in [7, 11) is 0. The fourth-order valence-corrected chi connectivity index (χ4v) is 1.29. The van der Waals surface area contributed by atoms with Gasteiger partial charge in [-0.3, -0.25) is 4.98 Å². The molecule has 2 aromatic rings. The van der Waals surface area contributed by atoms with Crippen LogP contribution in [-0.4, -0.2) is 11.0 Å². The number of benzene rings is 1. The third-order valence-corrected chi connectivity index (χ3v) is 1.90. The molecule has 0 radical (unpaired) electrons. The van der Waals surface area contributed by atoms with Crippen molar-refractivity contribution in [2.45, 2.75) is 0 Å². The second-order valence-corrected chi connectivity index (χ2v) is 2.69. The van der Waals surface area contributed by atoms with Gasteiger partial charge in [0, 0.05) is 23.3 Å². The van der Waals surface area contributed by atoms with E-state index in [0.717, 1.165) is 5.39 Å². The molecule has 3 nitrogen and oxygen atoms in total. The van der Waals surface area contributed by atoms with Crippen LogP contribution in [0.4, 0.5) is 0 Å². The van der Waals surface area contributed by atoms with Crippen LogP contribution in [0.3, 0.4) is 0 Å².